The Morgan fingerprint density at radius 2 is 1.86 bits per heavy atom. The van der Waals surface area contributed by atoms with E-state index in [4.69, 9.17) is 16.3 Å². The van der Waals surface area contributed by atoms with Gasteiger partial charge in [0.15, 0.2) is 0 Å². The van der Waals surface area contributed by atoms with Gasteiger partial charge in [0.2, 0.25) is 5.12 Å². The van der Waals surface area contributed by atoms with Gasteiger partial charge in [-0.05, 0) is 86.1 Å². The van der Waals surface area contributed by atoms with Crippen molar-refractivity contribution < 1.29 is 9.53 Å². The maximum Gasteiger partial charge on any atom is 0.212 e. The molecule has 5 rings (SSSR count). The Balaban J connectivity index is 1.42. The van der Waals surface area contributed by atoms with Crippen molar-refractivity contribution in [3.63, 3.8) is 0 Å². The van der Waals surface area contributed by atoms with Crippen molar-refractivity contribution in [2.75, 3.05) is 0 Å². The Morgan fingerprint density at radius 1 is 1.10 bits per heavy atom. The predicted octanol–water partition coefficient (Wildman–Crippen LogP) is 6.77. The fourth-order valence-electron chi connectivity index (χ4n) is 7.36. The molecule has 0 bridgehead atoms. The van der Waals surface area contributed by atoms with Gasteiger partial charge in [0, 0.05) is 21.1 Å². The van der Waals surface area contributed by atoms with Crippen LogP contribution in [0.1, 0.15) is 52.9 Å². The highest BCUT2D eigenvalue weighted by Gasteiger charge is 2.62. The van der Waals surface area contributed by atoms with E-state index in [1.807, 2.05) is 30.3 Å². The second kappa shape index (κ2) is 7.05. The first-order valence-corrected chi connectivity index (χ1v) is 12.4. The molecule has 8 atom stereocenters. The summed E-state index contributed by atoms with van der Waals surface area (Å²) in [4.78, 5) is 12.0. The molecular weight excluding hydrogens is 400 g/mol. The minimum atomic E-state index is 0.159. The highest BCUT2D eigenvalue weighted by atomic mass is 35.5. The molecule has 0 spiro atoms. The number of rotatable bonds is 2. The summed E-state index contributed by atoms with van der Waals surface area (Å²) in [7, 11) is 0. The average molecular weight is 431 g/mol. The predicted molar refractivity (Wildman–Crippen MR) is 120 cm³/mol. The van der Waals surface area contributed by atoms with Gasteiger partial charge in [-0.15, -0.1) is 0 Å². The SMILES string of the molecule is CC1CC2SC(=O)C=C[C@]2(C)[C@@H]2CC[C@]3(C)C(Oc4ccc(Cl)cc4)CC[C@H]3[C@H]12. The van der Waals surface area contributed by atoms with E-state index in [1.165, 1.54) is 19.3 Å². The van der Waals surface area contributed by atoms with Gasteiger partial charge in [-0.1, -0.05) is 50.2 Å². The third kappa shape index (κ3) is 3.10. The highest BCUT2D eigenvalue weighted by molar-refractivity contribution is 8.14. The van der Waals surface area contributed by atoms with Crippen LogP contribution in [0.25, 0.3) is 0 Å². The van der Waals surface area contributed by atoms with Gasteiger partial charge >= 0.3 is 0 Å². The second-order valence-electron chi connectivity index (χ2n) is 10.3. The lowest BCUT2D eigenvalue weighted by atomic mass is 9.47. The van der Waals surface area contributed by atoms with Crippen LogP contribution in [0, 0.1) is 34.5 Å². The summed E-state index contributed by atoms with van der Waals surface area (Å²) in [5.74, 6) is 3.73. The number of carbonyl (C=O) groups is 1. The van der Waals surface area contributed by atoms with Crippen molar-refractivity contribution in [3.8, 4) is 5.75 Å². The van der Waals surface area contributed by atoms with Gasteiger partial charge in [-0.2, -0.15) is 0 Å². The lowest BCUT2D eigenvalue weighted by Crippen LogP contribution is -2.56. The number of fused-ring (bicyclic) bond motifs is 5. The summed E-state index contributed by atoms with van der Waals surface area (Å²) in [5.41, 5.74) is 0.395. The molecule has 1 aromatic rings. The van der Waals surface area contributed by atoms with E-state index in [2.05, 4.69) is 26.8 Å². The number of halogens is 1. The van der Waals surface area contributed by atoms with Gasteiger partial charge in [0.05, 0.1) is 0 Å². The maximum atomic E-state index is 12.0. The van der Waals surface area contributed by atoms with Crippen molar-refractivity contribution in [3.05, 3.63) is 41.4 Å². The summed E-state index contributed by atoms with van der Waals surface area (Å²) < 4.78 is 6.54. The Labute approximate surface area is 183 Å². The van der Waals surface area contributed by atoms with Crippen LogP contribution in [0.2, 0.25) is 5.02 Å². The Hall–Kier alpha value is -0.930. The first-order valence-electron chi connectivity index (χ1n) is 11.1. The average Bonchev–Trinajstić information content (AvgIpc) is 3.01. The summed E-state index contributed by atoms with van der Waals surface area (Å²) in [5, 5.41) is 1.45. The third-order valence-corrected chi connectivity index (χ3v) is 10.5. The van der Waals surface area contributed by atoms with Crippen LogP contribution in [0.5, 0.6) is 5.75 Å². The molecule has 0 saturated heterocycles. The molecule has 0 radical (unpaired) electrons. The van der Waals surface area contributed by atoms with Crippen molar-refractivity contribution in [1.82, 2.24) is 0 Å². The number of hydrogen-bond acceptors (Lipinski definition) is 3. The standard InChI is InChI=1S/C25H31ClO2S/c1-15-14-21-25(3,13-11-22(27)29-21)19-10-12-24(2)18(23(15)19)8-9-20(24)28-17-6-4-16(26)5-7-17/h4-7,11,13,15,18-21,23H,8-10,12,14H2,1-3H3/t15?,18-,19+,20?,21?,23-,24-,25+/m0/s1. The largest absolute Gasteiger partial charge is 0.490 e. The molecule has 1 aromatic carbocycles. The summed E-state index contributed by atoms with van der Waals surface area (Å²) in [6.07, 6.45) is 10.4. The van der Waals surface area contributed by atoms with Crippen molar-refractivity contribution >= 4 is 28.5 Å². The number of allylic oxidation sites excluding steroid dienone is 1. The van der Waals surface area contributed by atoms with Gasteiger partial charge in [0.1, 0.15) is 11.9 Å². The van der Waals surface area contributed by atoms with E-state index in [-0.39, 0.29) is 22.0 Å². The lowest BCUT2D eigenvalue weighted by molar-refractivity contribution is -0.108. The van der Waals surface area contributed by atoms with Crippen LogP contribution < -0.4 is 4.74 Å². The molecule has 1 heterocycles. The van der Waals surface area contributed by atoms with Crippen LogP contribution in [-0.4, -0.2) is 16.5 Å². The van der Waals surface area contributed by atoms with Crippen molar-refractivity contribution in [1.29, 1.82) is 0 Å². The number of thioether (sulfide) groups is 1. The number of carbonyl (C=O) groups excluding carboxylic acids is 1. The highest BCUT2D eigenvalue weighted by Crippen LogP contribution is 2.66. The van der Waals surface area contributed by atoms with E-state index < -0.39 is 0 Å². The first-order chi connectivity index (χ1) is 13.8. The van der Waals surface area contributed by atoms with Gasteiger partial charge < -0.3 is 4.74 Å². The topological polar surface area (TPSA) is 26.3 Å². The molecule has 156 valence electrons. The molecule has 4 heteroatoms. The zero-order valence-electron chi connectivity index (χ0n) is 17.6. The normalized spacial score (nSPS) is 46.0. The fourth-order valence-corrected chi connectivity index (χ4v) is 8.82. The minimum Gasteiger partial charge on any atom is -0.490 e. The van der Waals surface area contributed by atoms with E-state index in [9.17, 15) is 4.79 Å². The first kappa shape index (κ1) is 20.0. The zero-order chi connectivity index (χ0) is 20.4. The fraction of sp³-hybridized carbons (Fsp3) is 0.640. The molecule has 3 fully saturated rings. The smallest absolute Gasteiger partial charge is 0.212 e. The summed E-state index contributed by atoms with van der Waals surface area (Å²) in [6, 6.07) is 7.84. The molecule has 0 amide bonds. The molecule has 29 heavy (non-hydrogen) atoms. The van der Waals surface area contributed by atoms with E-state index in [0.29, 0.717) is 23.0 Å². The minimum absolute atomic E-state index is 0.159. The van der Waals surface area contributed by atoms with Crippen LogP contribution in [0.15, 0.2) is 36.4 Å². The van der Waals surface area contributed by atoms with E-state index in [0.717, 1.165) is 29.5 Å². The molecule has 0 N–H and O–H groups in total. The molecular formula is C25H31ClO2S. The van der Waals surface area contributed by atoms with Gasteiger partial charge in [0.25, 0.3) is 0 Å². The third-order valence-electron chi connectivity index (χ3n) is 8.91. The summed E-state index contributed by atoms with van der Waals surface area (Å²) >= 11 is 7.65. The molecule has 1 aliphatic heterocycles. The molecule has 0 aromatic heterocycles. The van der Waals surface area contributed by atoms with E-state index in [1.54, 1.807) is 11.8 Å². The molecule has 4 aliphatic rings. The number of ether oxygens (including phenoxy) is 1. The Kier molecular flexibility index (Phi) is 4.86. The molecule has 3 aliphatic carbocycles. The maximum absolute atomic E-state index is 12.0. The van der Waals surface area contributed by atoms with Crippen LogP contribution in [-0.2, 0) is 4.79 Å². The second-order valence-corrected chi connectivity index (χ2v) is 12.0. The summed E-state index contributed by atoms with van der Waals surface area (Å²) in [6.45, 7) is 7.35. The van der Waals surface area contributed by atoms with Crippen LogP contribution >= 0.6 is 23.4 Å². The Bertz CT molecular complexity index is 836. The number of benzene rings is 1. The van der Waals surface area contributed by atoms with Gasteiger partial charge in [-0.25, -0.2) is 0 Å². The van der Waals surface area contributed by atoms with Crippen molar-refractivity contribution in [2.45, 2.75) is 64.2 Å². The van der Waals surface area contributed by atoms with Crippen molar-refractivity contribution in [2.24, 2.45) is 34.5 Å². The van der Waals surface area contributed by atoms with Gasteiger partial charge in [-0.3, -0.25) is 4.79 Å². The van der Waals surface area contributed by atoms with Crippen LogP contribution in [0.4, 0.5) is 0 Å². The Morgan fingerprint density at radius 3 is 2.62 bits per heavy atom. The molecule has 2 nitrogen and oxygen atoms in total. The zero-order valence-corrected chi connectivity index (χ0v) is 19.1. The monoisotopic (exact) mass is 430 g/mol. The van der Waals surface area contributed by atoms with Crippen LogP contribution in [0.3, 0.4) is 0 Å². The van der Waals surface area contributed by atoms with E-state index >= 15 is 0 Å². The molecule has 3 unspecified atom stereocenters. The quantitative estimate of drug-likeness (QED) is 0.517. The molecule has 3 saturated carbocycles. The number of hydrogen-bond donors (Lipinski definition) is 0. The lowest BCUT2D eigenvalue weighted by Gasteiger charge is -2.60.